The molecule has 2 unspecified atom stereocenters. The SMILES string of the molecule is CCCCCCC/C=C\CCCCCCCC(=O)OCCCCCC/C=C\CCCC(=O)NC(CO)C(O)/C=C/CCCCCCCCCCCCCCCCCCCCC. The Bertz CT molecular complexity index is 993. The molecule has 0 spiro atoms. The number of allylic oxidation sites excluding steroid dienone is 5. The fourth-order valence-corrected chi connectivity index (χ4v) is 7.98. The van der Waals surface area contributed by atoms with Gasteiger partial charge in [0.25, 0.3) is 0 Å². The van der Waals surface area contributed by atoms with E-state index in [1.54, 1.807) is 6.08 Å². The fourth-order valence-electron chi connectivity index (χ4n) is 7.98. The maximum atomic E-state index is 12.4. The van der Waals surface area contributed by atoms with Gasteiger partial charge in [0.15, 0.2) is 0 Å². The normalized spacial score (nSPS) is 12.9. The van der Waals surface area contributed by atoms with Gasteiger partial charge in [-0.25, -0.2) is 0 Å². The number of aliphatic hydroxyl groups excluding tert-OH is 2. The average molecular weight is 858 g/mol. The molecule has 0 saturated carbocycles. The van der Waals surface area contributed by atoms with Crippen LogP contribution in [0.4, 0.5) is 0 Å². The molecule has 0 heterocycles. The molecule has 2 atom stereocenters. The first-order chi connectivity index (χ1) is 30.0. The summed E-state index contributed by atoms with van der Waals surface area (Å²) in [5.41, 5.74) is 0. The highest BCUT2D eigenvalue weighted by molar-refractivity contribution is 5.76. The second-order valence-corrected chi connectivity index (χ2v) is 18.2. The van der Waals surface area contributed by atoms with Gasteiger partial charge in [0.05, 0.1) is 25.4 Å². The molecule has 358 valence electrons. The van der Waals surface area contributed by atoms with E-state index in [1.807, 2.05) is 6.08 Å². The van der Waals surface area contributed by atoms with Gasteiger partial charge in [-0.15, -0.1) is 0 Å². The third-order valence-corrected chi connectivity index (χ3v) is 12.1. The summed E-state index contributed by atoms with van der Waals surface area (Å²) in [4.78, 5) is 24.5. The molecular weight excluding hydrogens is 755 g/mol. The van der Waals surface area contributed by atoms with E-state index in [-0.39, 0.29) is 18.5 Å². The summed E-state index contributed by atoms with van der Waals surface area (Å²) in [6, 6.07) is -0.667. The molecule has 0 aliphatic carbocycles. The molecule has 6 heteroatoms. The molecule has 0 rings (SSSR count). The van der Waals surface area contributed by atoms with Gasteiger partial charge in [0.1, 0.15) is 0 Å². The minimum Gasteiger partial charge on any atom is -0.466 e. The Balaban J connectivity index is 3.58. The van der Waals surface area contributed by atoms with Gasteiger partial charge in [0, 0.05) is 12.8 Å². The Kier molecular flexibility index (Phi) is 49.1. The summed E-state index contributed by atoms with van der Waals surface area (Å²) in [6.07, 6.45) is 61.6. The van der Waals surface area contributed by atoms with Crippen LogP contribution in [0.25, 0.3) is 0 Å². The van der Waals surface area contributed by atoms with E-state index in [4.69, 9.17) is 4.74 Å². The Morgan fingerprint density at radius 2 is 0.787 bits per heavy atom. The van der Waals surface area contributed by atoms with Crippen LogP contribution in [0.5, 0.6) is 0 Å². The molecule has 6 nitrogen and oxygen atoms in total. The minimum atomic E-state index is -0.877. The van der Waals surface area contributed by atoms with E-state index >= 15 is 0 Å². The summed E-state index contributed by atoms with van der Waals surface area (Å²) < 4.78 is 5.43. The molecule has 0 aliphatic rings. The Hall–Kier alpha value is -1.92. The zero-order chi connectivity index (χ0) is 44.4. The van der Waals surface area contributed by atoms with Crippen LogP contribution in [0.2, 0.25) is 0 Å². The van der Waals surface area contributed by atoms with E-state index in [9.17, 15) is 19.8 Å². The summed E-state index contributed by atoms with van der Waals surface area (Å²) in [5.74, 6) is -0.174. The highest BCUT2D eigenvalue weighted by Crippen LogP contribution is 2.16. The number of carbonyl (C=O) groups is 2. The van der Waals surface area contributed by atoms with Gasteiger partial charge in [-0.2, -0.15) is 0 Å². The Morgan fingerprint density at radius 3 is 1.20 bits per heavy atom. The van der Waals surface area contributed by atoms with Crippen LogP contribution < -0.4 is 5.32 Å². The van der Waals surface area contributed by atoms with Crippen molar-refractivity contribution < 1.29 is 24.5 Å². The van der Waals surface area contributed by atoms with Crippen LogP contribution in [0.15, 0.2) is 36.5 Å². The molecular formula is C55H103NO5. The smallest absolute Gasteiger partial charge is 0.305 e. The third kappa shape index (κ3) is 47.4. The zero-order valence-corrected chi connectivity index (χ0v) is 40.6. The monoisotopic (exact) mass is 858 g/mol. The molecule has 0 aliphatic heterocycles. The number of rotatable bonds is 49. The lowest BCUT2D eigenvalue weighted by Gasteiger charge is -2.19. The van der Waals surface area contributed by atoms with Crippen molar-refractivity contribution in [2.45, 2.75) is 289 Å². The number of hydrogen-bond acceptors (Lipinski definition) is 5. The van der Waals surface area contributed by atoms with Crippen molar-refractivity contribution in [2.75, 3.05) is 13.2 Å². The molecule has 0 aromatic carbocycles. The average Bonchev–Trinajstić information content (AvgIpc) is 3.26. The van der Waals surface area contributed by atoms with Crippen LogP contribution in [-0.2, 0) is 14.3 Å². The van der Waals surface area contributed by atoms with Crippen molar-refractivity contribution in [3.63, 3.8) is 0 Å². The minimum absolute atomic E-state index is 0.0466. The van der Waals surface area contributed by atoms with E-state index < -0.39 is 12.1 Å². The van der Waals surface area contributed by atoms with Crippen molar-refractivity contribution in [1.82, 2.24) is 5.32 Å². The molecule has 1 amide bonds. The highest BCUT2D eigenvalue weighted by Gasteiger charge is 2.17. The lowest BCUT2D eigenvalue weighted by Crippen LogP contribution is -2.45. The number of esters is 1. The molecule has 0 fully saturated rings. The summed E-state index contributed by atoms with van der Waals surface area (Å²) in [7, 11) is 0. The fraction of sp³-hybridized carbons (Fsp3) is 0.855. The summed E-state index contributed by atoms with van der Waals surface area (Å²) >= 11 is 0. The predicted molar refractivity (Wildman–Crippen MR) is 264 cm³/mol. The molecule has 0 radical (unpaired) electrons. The molecule has 0 aromatic heterocycles. The predicted octanol–water partition coefficient (Wildman–Crippen LogP) is 16.1. The second-order valence-electron chi connectivity index (χ2n) is 18.2. The van der Waals surface area contributed by atoms with E-state index in [0.29, 0.717) is 19.4 Å². The molecule has 61 heavy (non-hydrogen) atoms. The lowest BCUT2D eigenvalue weighted by atomic mass is 10.0. The first kappa shape index (κ1) is 59.1. The quantitative estimate of drug-likeness (QED) is 0.0322. The summed E-state index contributed by atoms with van der Waals surface area (Å²) in [5, 5.41) is 23.1. The van der Waals surface area contributed by atoms with Crippen molar-refractivity contribution in [1.29, 1.82) is 0 Å². The maximum Gasteiger partial charge on any atom is 0.305 e. The number of ether oxygens (including phenoxy) is 1. The number of aliphatic hydroxyl groups is 2. The number of unbranched alkanes of at least 4 members (excludes halogenated alkanes) is 34. The largest absolute Gasteiger partial charge is 0.466 e. The topological polar surface area (TPSA) is 95.9 Å². The Labute approximate surface area is 379 Å². The number of carbonyl (C=O) groups excluding carboxylic acids is 2. The van der Waals surface area contributed by atoms with Crippen LogP contribution >= 0.6 is 0 Å². The molecule has 0 bridgehead atoms. The lowest BCUT2D eigenvalue weighted by molar-refractivity contribution is -0.143. The van der Waals surface area contributed by atoms with E-state index in [0.717, 1.165) is 70.6 Å². The molecule has 0 aromatic rings. The van der Waals surface area contributed by atoms with Gasteiger partial charge in [-0.3, -0.25) is 9.59 Å². The van der Waals surface area contributed by atoms with Gasteiger partial charge < -0.3 is 20.3 Å². The number of amides is 1. The van der Waals surface area contributed by atoms with Crippen LogP contribution in [-0.4, -0.2) is 47.4 Å². The number of hydrogen-bond donors (Lipinski definition) is 3. The van der Waals surface area contributed by atoms with Gasteiger partial charge in [-0.05, 0) is 77.0 Å². The Morgan fingerprint density at radius 1 is 0.443 bits per heavy atom. The standard InChI is InChI=1S/C55H103NO5/c1-3-5-7-9-11-13-15-17-19-20-21-22-23-24-25-26-28-31-35-39-43-47-53(58)52(51-57)56-54(59)48-44-40-36-32-30-34-38-42-46-50-61-55(60)49-45-41-37-33-29-27-18-16-14-12-10-8-6-4-2/h16,18,32,36,43,47,52-53,57-58H,3-15,17,19-31,33-35,37-42,44-46,48-51H2,1-2H3,(H,56,59)/b18-16-,36-32-,47-43+. The van der Waals surface area contributed by atoms with Crippen molar-refractivity contribution in [3.05, 3.63) is 36.5 Å². The van der Waals surface area contributed by atoms with Gasteiger partial charge in [0.2, 0.25) is 5.91 Å². The third-order valence-electron chi connectivity index (χ3n) is 12.1. The number of nitrogens with one attached hydrogen (secondary N) is 1. The van der Waals surface area contributed by atoms with E-state index in [2.05, 4.69) is 43.5 Å². The van der Waals surface area contributed by atoms with Crippen molar-refractivity contribution in [3.8, 4) is 0 Å². The van der Waals surface area contributed by atoms with Gasteiger partial charge >= 0.3 is 5.97 Å². The van der Waals surface area contributed by atoms with Crippen molar-refractivity contribution in [2.24, 2.45) is 0 Å². The van der Waals surface area contributed by atoms with Crippen molar-refractivity contribution >= 4 is 11.9 Å². The first-order valence-corrected chi connectivity index (χ1v) is 26.8. The molecule has 3 N–H and O–H groups in total. The second kappa shape index (κ2) is 50.7. The summed E-state index contributed by atoms with van der Waals surface area (Å²) in [6.45, 7) is 4.80. The highest BCUT2D eigenvalue weighted by atomic mass is 16.5. The van der Waals surface area contributed by atoms with Crippen LogP contribution in [0.1, 0.15) is 277 Å². The maximum absolute atomic E-state index is 12.4. The zero-order valence-electron chi connectivity index (χ0n) is 40.6. The van der Waals surface area contributed by atoms with E-state index in [1.165, 1.54) is 180 Å². The van der Waals surface area contributed by atoms with Crippen LogP contribution in [0.3, 0.4) is 0 Å². The van der Waals surface area contributed by atoms with Gasteiger partial charge in [-0.1, -0.05) is 224 Å². The van der Waals surface area contributed by atoms with Crippen LogP contribution in [0, 0.1) is 0 Å². The molecule has 0 saturated heterocycles. The first-order valence-electron chi connectivity index (χ1n) is 26.8.